The zero-order valence-electron chi connectivity index (χ0n) is 23.8. The summed E-state index contributed by atoms with van der Waals surface area (Å²) in [6, 6.07) is 21.1. The molecule has 4 N–H and O–H groups in total. The number of imidazole rings is 1. The predicted octanol–water partition coefficient (Wildman–Crippen LogP) is 3.57. The summed E-state index contributed by atoms with van der Waals surface area (Å²) in [6.07, 6.45) is 2.14. The van der Waals surface area contributed by atoms with Gasteiger partial charge in [-0.05, 0) is 40.5 Å². The molecule has 3 aromatic carbocycles. The first kappa shape index (κ1) is 29.7. The molecule has 10 nitrogen and oxygen atoms in total. The number of carbonyl (C=O) groups excluding carboxylic acids is 3. The normalized spacial score (nSPS) is 14.1. The highest BCUT2D eigenvalue weighted by molar-refractivity contribution is 6.31. The van der Waals surface area contributed by atoms with E-state index in [1.54, 1.807) is 18.3 Å². The van der Waals surface area contributed by atoms with Gasteiger partial charge in [-0.15, -0.1) is 0 Å². The van der Waals surface area contributed by atoms with Gasteiger partial charge in [0.2, 0.25) is 11.8 Å². The number of urea groups is 1. The van der Waals surface area contributed by atoms with Crippen molar-refractivity contribution in [3.05, 3.63) is 118 Å². The molecule has 5 rings (SSSR count). The lowest BCUT2D eigenvalue weighted by Crippen LogP contribution is -2.53. The third-order valence-electron chi connectivity index (χ3n) is 7.45. The zero-order chi connectivity index (χ0) is 30.3. The molecule has 0 saturated heterocycles. The Balaban J connectivity index is 1.36. The van der Waals surface area contributed by atoms with Crippen LogP contribution in [-0.4, -0.2) is 45.4 Å². The maximum Gasteiger partial charge on any atom is 0.312 e. The molecule has 4 aromatic rings. The molecule has 0 saturated carbocycles. The third-order valence-corrected chi connectivity index (χ3v) is 7.82. The molecule has 1 atom stereocenters. The Kier molecular flexibility index (Phi) is 9.26. The summed E-state index contributed by atoms with van der Waals surface area (Å²) in [5.74, 6) is 0.210. The molecule has 1 aromatic heterocycles. The molecule has 0 fully saturated rings. The Morgan fingerprint density at radius 1 is 0.977 bits per heavy atom. The highest BCUT2D eigenvalue weighted by atomic mass is 35.5. The van der Waals surface area contributed by atoms with E-state index in [9.17, 15) is 14.4 Å². The summed E-state index contributed by atoms with van der Waals surface area (Å²) in [5.41, 5.74) is 10.3. The topological polar surface area (TPSA) is 132 Å². The number of amides is 4. The molecule has 1 aliphatic rings. The monoisotopic (exact) mass is 600 g/mol. The number of rotatable bonds is 10. The van der Waals surface area contributed by atoms with E-state index in [1.807, 2.05) is 77.4 Å². The van der Waals surface area contributed by atoms with E-state index in [0.717, 1.165) is 33.6 Å². The number of methoxy groups -OCH3 is 1. The number of halogens is 1. The number of nitrogens with one attached hydrogen (secondary N) is 2. The molecule has 4 amide bonds. The first-order valence-corrected chi connectivity index (χ1v) is 14.3. The number of nitrogens with two attached hydrogens (primary N) is 1. The fraction of sp³-hybridized carbons (Fsp3) is 0.250. The van der Waals surface area contributed by atoms with E-state index in [2.05, 4.69) is 15.6 Å². The first-order valence-electron chi connectivity index (χ1n) is 13.9. The van der Waals surface area contributed by atoms with Crippen LogP contribution in [0.1, 0.15) is 33.6 Å². The van der Waals surface area contributed by atoms with E-state index in [1.165, 1.54) is 0 Å². The quantitative estimate of drug-likeness (QED) is 0.256. The molecule has 0 bridgehead atoms. The number of aromatic nitrogens is 2. The van der Waals surface area contributed by atoms with E-state index in [-0.39, 0.29) is 44.3 Å². The standard InChI is InChI=1S/C32H33ClN6O4/c1-43-25-10-5-6-21(13-25)14-30(40)39-19-29-27(37-20-38(29)18-24-9-2-3-11-26(24)33)15-28(39)31(41)35-16-22-7-4-8-23(12-22)17-36-32(34)42/h2-13,20,28H,14-19H2,1H3,(H,35,41)(H3,34,36,42). The molecule has 0 radical (unpaired) electrons. The Bertz CT molecular complexity index is 1640. The van der Waals surface area contributed by atoms with Crippen molar-refractivity contribution in [2.75, 3.05) is 7.11 Å². The van der Waals surface area contributed by atoms with Crippen LogP contribution in [0.4, 0.5) is 4.79 Å². The van der Waals surface area contributed by atoms with Crippen LogP contribution in [0, 0.1) is 0 Å². The van der Waals surface area contributed by atoms with Gasteiger partial charge in [-0.25, -0.2) is 9.78 Å². The molecule has 2 heterocycles. The SMILES string of the molecule is COc1cccc(CC(=O)N2Cc3c(ncn3Cc3ccccc3Cl)CC2C(=O)NCc2cccc(CNC(N)=O)c2)c1. The number of hydrogen-bond acceptors (Lipinski definition) is 5. The minimum absolute atomic E-state index is 0.115. The van der Waals surface area contributed by atoms with Crippen molar-refractivity contribution in [2.45, 2.75) is 45.1 Å². The predicted molar refractivity (Wildman–Crippen MR) is 162 cm³/mol. The van der Waals surface area contributed by atoms with Crippen molar-refractivity contribution in [3.63, 3.8) is 0 Å². The Hall–Kier alpha value is -4.83. The smallest absolute Gasteiger partial charge is 0.312 e. The summed E-state index contributed by atoms with van der Waals surface area (Å²) in [7, 11) is 1.58. The summed E-state index contributed by atoms with van der Waals surface area (Å²) in [4.78, 5) is 44.8. The van der Waals surface area contributed by atoms with Gasteiger partial charge < -0.3 is 30.6 Å². The van der Waals surface area contributed by atoms with Gasteiger partial charge in [0.15, 0.2) is 0 Å². The molecule has 11 heteroatoms. The van der Waals surface area contributed by atoms with E-state index in [0.29, 0.717) is 17.3 Å². The molecule has 1 unspecified atom stereocenters. The maximum atomic E-state index is 13.8. The van der Waals surface area contributed by atoms with Gasteiger partial charge in [-0.2, -0.15) is 0 Å². The Labute approximate surface area is 254 Å². The molecule has 222 valence electrons. The number of primary amides is 1. The number of carbonyl (C=O) groups is 3. The van der Waals surface area contributed by atoms with Crippen LogP contribution < -0.4 is 21.1 Å². The lowest BCUT2D eigenvalue weighted by molar-refractivity contribution is -0.141. The summed E-state index contributed by atoms with van der Waals surface area (Å²) < 4.78 is 7.32. The minimum Gasteiger partial charge on any atom is -0.497 e. The fourth-order valence-corrected chi connectivity index (χ4v) is 5.41. The van der Waals surface area contributed by atoms with Crippen molar-refractivity contribution in [2.24, 2.45) is 5.73 Å². The molecule has 1 aliphatic heterocycles. The summed E-state index contributed by atoms with van der Waals surface area (Å²) in [5, 5.41) is 6.21. The highest BCUT2D eigenvalue weighted by Crippen LogP contribution is 2.26. The molecular weight excluding hydrogens is 568 g/mol. The van der Waals surface area contributed by atoms with Crippen LogP contribution in [0.3, 0.4) is 0 Å². The van der Waals surface area contributed by atoms with Crippen LogP contribution >= 0.6 is 11.6 Å². The molecule has 43 heavy (non-hydrogen) atoms. The van der Waals surface area contributed by atoms with Crippen molar-refractivity contribution in [1.82, 2.24) is 25.1 Å². The van der Waals surface area contributed by atoms with Gasteiger partial charge in [-0.3, -0.25) is 9.59 Å². The van der Waals surface area contributed by atoms with Crippen LogP contribution in [-0.2, 0) is 48.6 Å². The second-order valence-electron chi connectivity index (χ2n) is 10.4. The fourth-order valence-electron chi connectivity index (χ4n) is 5.21. The Morgan fingerprint density at radius 3 is 2.44 bits per heavy atom. The number of benzene rings is 3. The molecule has 0 aliphatic carbocycles. The van der Waals surface area contributed by atoms with Crippen LogP contribution in [0.5, 0.6) is 5.75 Å². The van der Waals surface area contributed by atoms with Crippen molar-refractivity contribution < 1.29 is 19.1 Å². The third kappa shape index (κ3) is 7.34. The summed E-state index contributed by atoms with van der Waals surface area (Å²) >= 11 is 6.42. The minimum atomic E-state index is -0.742. The lowest BCUT2D eigenvalue weighted by atomic mass is 9.99. The van der Waals surface area contributed by atoms with Crippen molar-refractivity contribution in [1.29, 1.82) is 0 Å². The van der Waals surface area contributed by atoms with Gasteiger partial charge in [0.1, 0.15) is 11.8 Å². The van der Waals surface area contributed by atoms with E-state index in [4.69, 9.17) is 22.1 Å². The average Bonchev–Trinajstić information content (AvgIpc) is 3.41. The van der Waals surface area contributed by atoms with Crippen LogP contribution in [0.2, 0.25) is 5.02 Å². The van der Waals surface area contributed by atoms with Crippen molar-refractivity contribution >= 4 is 29.4 Å². The van der Waals surface area contributed by atoms with Gasteiger partial charge >= 0.3 is 6.03 Å². The maximum absolute atomic E-state index is 13.8. The average molecular weight is 601 g/mol. The van der Waals surface area contributed by atoms with E-state index >= 15 is 0 Å². The second kappa shape index (κ2) is 13.4. The number of ether oxygens (including phenoxy) is 1. The van der Waals surface area contributed by atoms with Crippen LogP contribution in [0.25, 0.3) is 0 Å². The first-order chi connectivity index (χ1) is 20.8. The summed E-state index contributed by atoms with van der Waals surface area (Å²) in [6.45, 7) is 1.27. The van der Waals surface area contributed by atoms with Gasteiger partial charge in [-0.1, -0.05) is 66.2 Å². The number of fused-ring (bicyclic) bond motifs is 1. The lowest BCUT2D eigenvalue weighted by Gasteiger charge is -2.35. The van der Waals surface area contributed by atoms with Gasteiger partial charge in [0, 0.05) is 24.5 Å². The molecule has 0 spiro atoms. The second-order valence-corrected chi connectivity index (χ2v) is 10.8. The molecular formula is C32H33ClN6O4. The van der Waals surface area contributed by atoms with Gasteiger partial charge in [0.25, 0.3) is 0 Å². The van der Waals surface area contributed by atoms with Crippen molar-refractivity contribution in [3.8, 4) is 5.75 Å². The van der Waals surface area contributed by atoms with Crippen LogP contribution in [0.15, 0.2) is 79.1 Å². The Morgan fingerprint density at radius 2 is 1.70 bits per heavy atom. The zero-order valence-corrected chi connectivity index (χ0v) is 24.5. The number of hydrogen-bond donors (Lipinski definition) is 3. The highest BCUT2D eigenvalue weighted by Gasteiger charge is 2.37. The largest absolute Gasteiger partial charge is 0.497 e. The van der Waals surface area contributed by atoms with Gasteiger partial charge in [0.05, 0.1) is 44.3 Å². The number of nitrogens with zero attached hydrogens (tertiary/aromatic N) is 3. The van der Waals surface area contributed by atoms with E-state index < -0.39 is 12.1 Å².